The minimum Gasteiger partial charge on any atom is -0.463 e. The quantitative estimate of drug-likeness (QED) is 0.255. The molecule has 2 aliphatic rings. The number of carbonyl (C=O) groups excluding carboxylic acids is 6. The van der Waals surface area contributed by atoms with Crippen LogP contribution in [-0.2, 0) is 52.4 Å². The summed E-state index contributed by atoms with van der Waals surface area (Å²) in [5.41, 5.74) is -5.40. The molecule has 2 fully saturated rings. The fourth-order valence-electron chi connectivity index (χ4n) is 3.83. The molecule has 2 heterocycles. The molecule has 5 atom stereocenters. The second-order valence-corrected chi connectivity index (χ2v) is 8.27. The Kier molecular flexibility index (Phi) is 9.49. The zero-order valence-electron chi connectivity index (χ0n) is 20.9. The first kappa shape index (κ1) is 32.4. The number of esters is 5. The molecule has 0 bridgehead atoms. The first-order valence-corrected chi connectivity index (χ1v) is 10.9. The standard InChI is InChI=1S/C20H22F6N2O12/c1-7(29)35-6-11-13(36-8(2)30)14(37-9(3)31)15(38-10(4)32)16(39-11)27-17(34)28-5-12(33)40-18(28,19(21,22)23)20(24,25)26/h11,13-16H,5-6H2,1-4H3,(H,27,34)/t11-,13+,14+,15-,16-/m1/s1. The molecular weight excluding hydrogens is 574 g/mol. The Labute approximate surface area is 220 Å². The zero-order chi connectivity index (χ0) is 30.8. The predicted octanol–water partition coefficient (Wildman–Crippen LogP) is 0.459. The smallest absolute Gasteiger partial charge is 0.459 e. The highest BCUT2D eigenvalue weighted by Crippen LogP contribution is 2.50. The summed E-state index contributed by atoms with van der Waals surface area (Å²) in [5, 5.41) is 1.61. The maximum Gasteiger partial charge on any atom is 0.459 e. The lowest BCUT2D eigenvalue weighted by Crippen LogP contribution is -2.71. The van der Waals surface area contributed by atoms with Gasteiger partial charge in [0, 0.05) is 27.7 Å². The van der Waals surface area contributed by atoms with Gasteiger partial charge in [0.25, 0.3) is 0 Å². The number of hydrogen-bond donors (Lipinski definition) is 1. The van der Waals surface area contributed by atoms with Crippen LogP contribution in [0.25, 0.3) is 0 Å². The Morgan fingerprint density at radius 3 is 1.77 bits per heavy atom. The fourth-order valence-corrected chi connectivity index (χ4v) is 3.83. The Morgan fingerprint density at radius 2 is 1.32 bits per heavy atom. The van der Waals surface area contributed by atoms with E-state index in [9.17, 15) is 55.1 Å². The lowest BCUT2D eigenvalue weighted by molar-refractivity contribution is -0.392. The van der Waals surface area contributed by atoms with Crippen LogP contribution >= 0.6 is 0 Å². The third-order valence-electron chi connectivity index (χ3n) is 5.20. The van der Waals surface area contributed by atoms with E-state index in [2.05, 4.69) is 4.74 Å². The number of urea groups is 1. The van der Waals surface area contributed by atoms with Gasteiger partial charge in [-0.1, -0.05) is 0 Å². The summed E-state index contributed by atoms with van der Waals surface area (Å²) in [6.45, 7) is 0.822. The number of carbonyl (C=O) groups is 6. The molecule has 0 unspecified atom stereocenters. The molecule has 20 heteroatoms. The Morgan fingerprint density at radius 1 is 0.850 bits per heavy atom. The lowest BCUT2D eigenvalue weighted by Gasteiger charge is -2.45. The molecule has 226 valence electrons. The maximum atomic E-state index is 13.7. The molecule has 40 heavy (non-hydrogen) atoms. The Balaban J connectivity index is 2.57. The van der Waals surface area contributed by atoms with E-state index >= 15 is 0 Å². The Hall–Kier alpha value is -3.84. The van der Waals surface area contributed by atoms with E-state index in [-0.39, 0.29) is 0 Å². The lowest BCUT2D eigenvalue weighted by atomic mass is 9.97. The molecule has 2 aliphatic heterocycles. The molecule has 14 nitrogen and oxygen atoms in total. The minimum absolute atomic E-state index is 0.792. The highest BCUT2D eigenvalue weighted by Gasteiger charge is 2.81. The van der Waals surface area contributed by atoms with Crippen molar-refractivity contribution in [3.05, 3.63) is 0 Å². The summed E-state index contributed by atoms with van der Waals surface area (Å²) < 4.78 is 111. The van der Waals surface area contributed by atoms with Crippen LogP contribution in [0.4, 0.5) is 31.1 Å². The van der Waals surface area contributed by atoms with Crippen molar-refractivity contribution in [1.82, 2.24) is 10.2 Å². The van der Waals surface area contributed by atoms with Gasteiger partial charge in [-0.25, -0.2) is 4.79 Å². The molecule has 2 amide bonds. The number of nitrogens with one attached hydrogen (secondary N) is 1. The van der Waals surface area contributed by atoms with Gasteiger partial charge in [0.15, 0.2) is 24.5 Å². The van der Waals surface area contributed by atoms with Gasteiger partial charge >= 0.3 is 54.0 Å². The average molecular weight is 596 g/mol. The van der Waals surface area contributed by atoms with Gasteiger partial charge in [-0.05, 0) is 0 Å². The summed E-state index contributed by atoms with van der Waals surface area (Å²) in [6.07, 6.45) is -22.4. The van der Waals surface area contributed by atoms with Crippen LogP contribution in [0.15, 0.2) is 0 Å². The predicted molar refractivity (Wildman–Crippen MR) is 108 cm³/mol. The van der Waals surface area contributed by atoms with Crippen molar-refractivity contribution in [2.75, 3.05) is 13.2 Å². The van der Waals surface area contributed by atoms with E-state index in [4.69, 9.17) is 23.7 Å². The van der Waals surface area contributed by atoms with Crippen LogP contribution in [0.3, 0.4) is 0 Å². The topological polar surface area (TPSA) is 173 Å². The minimum atomic E-state index is -6.38. The van der Waals surface area contributed by atoms with Gasteiger partial charge < -0.3 is 33.7 Å². The molecule has 0 aromatic heterocycles. The summed E-state index contributed by atoms with van der Waals surface area (Å²) in [6, 6.07) is -2.25. The van der Waals surface area contributed by atoms with Crippen molar-refractivity contribution < 1.29 is 83.5 Å². The van der Waals surface area contributed by atoms with E-state index in [1.54, 1.807) is 5.32 Å². The highest BCUT2D eigenvalue weighted by molar-refractivity contribution is 5.85. The molecule has 0 saturated carbocycles. The summed E-state index contributed by atoms with van der Waals surface area (Å²) in [5.74, 6) is -6.31. The van der Waals surface area contributed by atoms with Crippen LogP contribution < -0.4 is 5.32 Å². The zero-order valence-corrected chi connectivity index (χ0v) is 20.9. The van der Waals surface area contributed by atoms with Gasteiger partial charge in [0.05, 0.1) is 0 Å². The summed E-state index contributed by atoms with van der Waals surface area (Å²) >= 11 is 0. The van der Waals surface area contributed by atoms with Crippen molar-refractivity contribution in [2.24, 2.45) is 0 Å². The summed E-state index contributed by atoms with van der Waals surface area (Å²) in [4.78, 5) is 70.0. The van der Waals surface area contributed by atoms with Gasteiger partial charge in [0.2, 0.25) is 0 Å². The van der Waals surface area contributed by atoms with Crippen molar-refractivity contribution >= 4 is 35.9 Å². The molecule has 1 N–H and O–H groups in total. The molecule has 2 saturated heterocycles. The number of nitrogens with zero attached hydrogens (tertiary/aromatic N) is 1. The molecular formula is C20H22F6N2O12. The van der Waals surface area contributed by atoms with E-state index < -0.39 is 103 Å². The van der Waals surface area contributed by atoms with E-state index in [1.165, 1.54) is 0 Å². The summed E-state index contributed by atoms with van der Waals surface area (Å²) in [7, 11) is 0. The van der Waals surface area contributed by atoms with Crippen LogP contribution in [0.2, 0.25) is 0 Å². The van der Waals surface area contributed by atoms with Crippen molar-refractivity contribution in [3.8, 4) is 0 Å². The van der Waals surface area contributed by atoms with Crippen molar-refractivity contribution in [1.29, 1.82) is 0 Å². The second kappa shape index (κ2) is 11.7. The molecule has 0 aliphatic carbocycles. The number of halogens is 6. The molecule has 0 spiro atoms. The Bertz CT molecular complexity index is 1030. The van der Waals surface area contributed by atoms with Gasteiger partial charge in [0.1, 0.15) is 19.3 Å². The molecule has 0 aromatic rings. The second-order valence-electron chi connectivity index (χ2n) is 8.27. The largest absolute Gasteiger partial charge is 0.463 e. The number of hydrogen-bond acceptors (Lipinski definition) is 12. The normalized spacial score (nSPS) is 26.3. The molecule has 2 rings (SSSR count). The third kappa shape index (κ3) is 6.83. The third-order valence-corrected chi connectivity index (χ3v) is 5.20. The van der Waals surface area contributed by atoms with Crippen LogP contribution in [0, 0.1) is 0 Å². The van der Waals surface area contributed by atoms with Crippen LogP contribution in [-0.4, -0.2) is 103 Å². The number of amides is 2. The first-order chi connectivity index (χ1) is 18.2. The van der Waals surface area contributed by atoms with Gasteiger partial charge in [-0.3, -0.25) is 28.9 Å². The van der Waals surface area contributed by atoms with E-state index in [0.29, 0.717) is 0 Å². The van der Waals surface area contributed by atoms with Crippen molar-refractivity contribution in [3.63, 3.8) is 0 Å². The number of alkyl halides is 6. The van der Waals surface area contributed by atoms with Crippen LogP contribution in [0.5, 0.6) is 0 Å². The van der Waals surface area contributed by atoms with Crippen LogP contribution in [0.1, 0.15) is 27.7 Å². The number of ether oxygens (including phenoxy) is 6. The maximum absolute atomic E-state index is 13.7. The molecule has 0 radical (unpaired) electrons. The van der Waals surface area contributed by atoms with E-state index in [0.717, 1.165) is 27.7 Å². The number of cyclic esters (lactones) is 1. The molecule has 0 aromatic carbocycles. The van der Waals surface area contributed by atoms with Crippen molar-refractivity contribution in [2.45, 2.75) is 76.4 Å². The van der Waals surface area contributed by atoms with Gasteiger partial charge in [-0.15, -0.1) is 0 Å². The van der Waals surface area contributed by atoms with Gasteiger partial charge in [-0.2, -0.15) is 26.3 Å². The van der Waals surface area contributed by atoms with E-state index in [1.807, 2.05) is 0 Å². The average Bonchev–Trinajstić information content (AvgIpc) is 3.14. The highest BCUT2D eigenvalue weighted by atomic mass is 19.4. The first-order valence-electron chi connectivity index (χ1n) is 10.9. The monoisotopic (exact) mass is 596 g/mol. The number of rotatable bonds is 6. The fraction of sp³-hybridized carbons (Fsp3) is 0.700. The SMILES string of the molecule is CC(=O)OC[C@H]1O[C@@H](NC(=O)N2CC(=O)OC2(C(F)(F)F)C(F)(F)F)[C@H](OC(C)=O)[C@@H](OC(C)=O)[C@H]1OC(C)=O.